The third-order valence-electron chi connectivity index (χ3n) is 2.99. The zero-order chi connectivity index (χ0) is 12.1. The number of nitrogens with zero attached hydrogens (tertiary/aromatic N) is 5. The average Bonchev–Trinajstić information content (AvgIpc) is 2.77. The Morgan fingerprint density at radius 3 is 3.00 bits per heavy atom. The minimum Gasteiger partial charge on any atom is -0.383 e. The van der Waals surface area contributed by atoms with E-state index in [4.69, 9.17) is 5.73 Å². The molecular weight excluding hydrogens is 228 g/mol. The summed E-state index contributed by atoms with van der Waals surface area (Å²) in [5.74, 6) is 0.446. The maximum atomic E-state index is 5.93. The van der Waals surface area contributed by atoms with Crippen LogP contribution in [0.3, 0.4) is 0 Å². The van der Waals surface area contributed by atoms with Crippen molar-refractivity contribution in [3.8, 4) is 0 Å². The standard InChI is InChI=1S/C12H8N6/c13-12-10-7(1-4-15-12)16-5-8-11(10)17-9-2-3-14-6-18(8)9/h1-6H,(H2,13,15). The van der Waals surface area contributed by atoms with Crippen molar-refractivity contribution in [1.82, 2.24) is 24.3 Å². The summed E-state index contributed by atoms with van der Waals surface area (Å²) in [7, 11) is 0. The predicted octanol–water partition coefficient (Wildman–Crippen LogP) is 1.41. The van der Waals surface area contributed by atoms with Crippen LogP contribution < -0.4 is 5.73 Å². The fourth-order valence-electron chi connectivity index (χ4n) is 2.17. The SMILES string of the molecule is Nc1nccc2ncc3c(nc4ccncn43)c12. The fraction of sp³-hybridized carbons (Fsp3) is 0. The molecule has 0 aliphatic carbocycles. The summed E-state index contributed by atoms with van der Waals surface area (Å²) < 4.78 is 1.88. The molecule has 0 fully saturated rings. The van der Waals surface area contributed by atoms with E-state index in [9.17, 15) is 0 Å². The second-order valence-electron chi connectivity index (χ2n) is 4.00. The van der Waals surface area contributed by atoms with Crippen LogP contribution in [0.4, 0.5) is 5.82 Å². The normalized spacial score (nSPS) is 11.6. The van der Waals surface area contributed by atoms with Gasteiger partial charge in [0.05, 0.1) is 22.6 Å². The average molecular weight is 236 g/mol. The van der Waals surface area contributed by atoms with E-state index in [-0.39, 0.29) is 0 Å². The molecule has 2 N–H and O–H groups in total. The van der Waals surface area contributed by atoms with E-state index in [1.54, 1.807) is 24.9 Å². The summed E-state index contributed by atoms with van der Waals surface area (Å²) in [4.78, 5) is 17.1. The second-order valence-corrected chi connectivity index (χ2v) is 4.00. The zero-order valence-electron chi connectivity index (χ0n) is 9.28. The Morgan fingerprint density at radius 2 is 2.06 bits per heavy atom. The molecule has 0 unspecified atom stereocenters. The molecule has 0 aromatic carbocycles. The van der Waals surface area contributed by atoms with E-state index in [1.807, 2.05) is 16.5 Å². The molecule has 0 saturated heterocycles. The van der Waals surface area contributed by atoms with Crippen LogP contribution in [0.2, 0.25) is 0 Å². The van der Waals surface area contributed by atoms with Crippen LogP contribution >= 0.6 is 0 Å². The van der Waals surface area contributed by atoms with Crippen LogP contribution in [0.1, 0.15) is 0 Å². The Hall–Kier alpha value is -2.76. The zero-order valence-corrected chi connectivity index (χ0v) is 9.28. The molecule has 18 heavy (non-hydrogen) atoms. The van der Waals surface area contributed by atoms with Crippen molar-refractivity contribution in [3.05, 3.63) is 37.1 Å². The first-order valence-electron chi connectivity index (χ1n) is 5.45. The van der Waals surface area contributed by atoms with Crippen molar-refractivity contribution in [2.24, 2.45) is 0 Å². The first-order chi connectivity index (χ1) is 8.84. The van der Waals surface area contributed by atoms with Gasteiger partial charge in [-0.2, -0.15) is 0 Å². The lowest BCUT2D eigenvalue weighted by molar-refractivity contribution is 1.11. The summed E-state index contributed by atoms with van der Waals surface area (Å²) in [6, 6.07) is 3.67. The van der Waals surface area contributed by atoms with Crippen molar-refractivity contribution in [1.29, 1.82) is 0 Å². The number of hydrogen-bond acceptors (Lipinski definition) is 5. The number of nitrogens with two attached hydrogens (primary N) is 1. The van der Waals surface area contributed by atoms with Gasteiger partial charge < -0.3 is 5.73 Å². The van der Waals surface area contributed by atoms with E-state index in [1.165, 1.54) is 0 Å². The summed E-state index contributed by atoms with van der Waals surface area (Å²) in [5, 5.41) is 0.790. The van der Waals surface area contributed by atoms with Gasteiger partial charge >= 0.3 is 0 Å². The first-order valence-corrected chi connectivity index (χ1v) is 5.45. The minimum atomic E-state index is 0.446. The lowest BCUT2D eigenvalue weighted by Gasteiger charge is -2.00. The maximum absolute atomic E-state index is 5.93. The summed E-state index contributed by atoms with van der Waals surface area (Å²) in [5.41, 5.74) is 9.23. The van der Waals surface area contributed by atoms with E-state index in [2.05, 4.69) is 19.9 Å². The van der Waals surface area contributed by atoms with Crippen molar-refractivity contribution >= 4 is 33.4 Å². The van der Waals surface area contributed by atoms with Gasteiger partial charge in [0.2, 0.25) is 0 Å². The molecule has 0 amide bonds. The van der Waals surface area contributed by atoms with Gasteiger partial charge in [-0.15, -0.1) is 0 Å². The van der Waals surface area contributed by atoms with Crippen LogP contribution in [0, 0.1) is 0 Å². The molecular formula is C12H8N6. The maximum Gasteiger partial charge on any atom is 0.140 e. The number of nitrogen functional groups attached to an aromatic ring is 1. The van der Waals surface area contributed by atoms with Gasteiger partial charge in [-0.3, -0.25) is 9.38 Å². The van der Waals surface area contributed by atoms with Crippen molar-refractivity contribution < 1.29 is 0 Å². The topological polar surface area (TPSA) is 82.0 Å². The van der Waals surface area contributed by atoms with Crippen molar-refractivity contribution in [2.45, 2.75) is 0 Å². The van der Waals surface area contributed by atoms with E-state index >= 15 is 0 Å². The molecule has 4 heterocycles. The molecule has 4 rings (SSSR count). The predicted molar refractivity (Wildman–Crippen MR) is 68.0 cm³/mol. The molecule has 0 atom stereocenters. The number of hydrogen-bond donors (Lipinski definition) is 1. The largest absolute Gasteiger partial charge is 0.383 e. The molecule has 0 aliphatic heterocycles. The highest BCUT2D eigenvalue weighted by Gasteiger charge is 2.11. The Kier molecular flexibility index (Phi) is 1.62. The first kappa shape index (κ1) is 9.29. The molecule has 4 aromatic rings. The van der Waals surface area contributed by atoms with Gasteiger partial charge in [0.15, 0.2) is 0 Å². The van der Waals surface area contributed by atoms with Gasteiger partial charge in [-0.25, -0.2) is 15.0 Å². The molecule has 0 radical (unpaired) electrons. The molecule has 4 aromatic heterocycles. The van der Waals surface area contributed by atoms with Crippen molar-refractivity contribution in [3.63, 3.8) is 0 Å². The number of pyridine rings is 2. The summed E-state index contributed by atoms with van der Waals surface area (Å²) >= 11 is 0. The molecule has 86 valence electrons. The quantitative estimate of drug-likeness (QED) is 0.499. The molecule has 0 bridgehead atoms. The highest BCUT2D eigenvalue weighted by molar-refractivity contribution is 6.08. The smallest absolute Gasteiger partial charge is 0.140 e. The van der Waals surface area contributed by atoms with Gasteiger partial charge in [0.25, 0.3) is 0 Å². The van der Waals surface area contributed by atoms with Crippen LogP contribution in [0.5, 0.6) is 0 Å². The van der Waals surface area contributed by atoms with Crippen LogP contribution in [0.25, 0.3) is 27.6 Å². The summed E-state index contributed by atoms with van der Waals surface area (Å²) in [6.45, 7) is 0. The molecule has 0 saturated carbocycles. The summed E-state index contributed by atoms with van der Waals surface area (Å²) in [6.07, 6.45) is 6.84. The van der Waals surface area contributed by atoms with Crippen LogP contribution in [-0.2, 0) is 0 Å². The Bertz CT molecular complexity index is 895. The lowest BCUT2D eigenvalue weighted by Crippen LogP contribution is -1.93. The minimum absolute atomic E-state index is 0.446. The van der Waals surface area contributed by atoms with E-state index in [0.29, 0.717) is 5.82 Å². The number of aromatic nitrogens is 5. The number of rotatable bonds is 0. The Morgan fingerprint density at radius 1 is 1.11 bits per heavy atom. The van der Waals surface area contributed by atoms with Gasteiger partial charge in [-0.1, -0.05) is 0 Å². The lowest BCUT2D eigenvalue weighted by atomic mass is 10.2. The molecule has 6 nitrogen and oxygen atoms in total. The van der Waals surface area contributed by atoms with Crippen molar-refractivity contribution in [2.75, 3.05) is 5.73 Å². The molecule has 6 heteroatoms. The van der Waals surface area contributed by atoms with Gasteiger partial charge in [-0.05, 0) is 12.1 Å². The third-order valence-corrected chi connectivity index (χ3v) is 2.99. The second kappa shape index (κ2) is 3.13. The van der Waals surface area contributed by atoms with Crippen LogP contribution in [0.15, 0.2) is 37.1 Å². The number of imidazole rings is 1. The highest BCUT2D eigenvalue weighted by atomic mass is 15.1. The number of anilines is 1. The van der Waals surface area contributed by atoms with Gasteiger partial charge in [0.1, 0.15) is 23.3 Å². The highest BCUT2D eigenvalue weighted by Crippen LogP contribution is 2.26. The van der Waals surface area contributed by atoms with E-state index < -0.39 is 0 Å². The third kappa shape index (κ3) is 1.06. The Balaban J connectivity index is 2.35. The molecule has 0 spiro atoms. The monoisotopic (exact) mass is 236 g/mol. The van der Waals surface area contributed by atoms with E-state index in [0.717, 1.165) is 27.6 Å². The Labute approximate surface area is 101 Å². The van der Waals surface area contributed by atoms with Gasteiger partial charge in [0, 0.05) is 12.4 Å². The van der Waals surface area contributed by atoms with Crippen LogP contribution in [-0.4, -0.2) is 24.3 Å². The number of fused-ring (bicyclic) bond motifs is 5. The fourth-order valence-corrected chi connectivity index (χ4v) is 2.17. The molecule has 0 aliphatic rings.